The van der Waals surface area contributed by atoms with E-state index in [0.717, 1.165) is 25.3 Å². The van der Waals surface area contributed by atoms with Crippen LogP contribution in [0.15, 0.2) is 47.1 Å². The third kappa shape index (κ3) is 2.88. The number of hydrogen-bond donors (Lipinski definition) is 0. The fourth-order valence-electron chi connectivity index (χ4n) is 2.39. The molecule has 104 valence electrons. The maximum Gasteiger partial charge on any atom is 0.292 e. The normalized spacial score (nSPS) is 19.6. The Morgan fingerprint density at radius 2 is 2.10 bits per heavy atom. The summed E-state index contributed by atoms with van der Waals surface area (Å²) in [6, 6.07) is 12.1. The highest BCUT2D eigenvalue weighted by atomic mass is 32.2. The van der Waals surface area contributed by atoms with Gasteiger partial charge in [0.1, 0.15) is 0 Å². The number of thioether (sulfide) groups is 1. The van der Waals surface area contributed by atoms with Crippen molar-refractivity contribution in [3.63, 3.8) is 0 Å². The molecule has 0 N–H and O–H groups in total. The van der Waals surface area contributed by atoms with Gasteiger partial charge in [-0.3, -0.25) is 4.79 Å². The first-order valence-corrected chi connectivity index (χ1v) is 7.76. The third-order valence-corrected chi connectivity index (χ3v) is 4.78. The predicted octanol–water partition coefficient (Wildman–Crippen LogP) is 3.00. The molecule has 1 aliphatic heterocycles. The van der Waals surface area contributed by atoms with E-state index in [4.69, 9.17) is 4.52 Å². The van der Waals surface area contributed by atoms with Gasteiger partial charge in [0.2, 0.25) is 5.76 Å². The smallest absolute Gasteiger partial charge is 0.292 e. The Hall–Kier alpha value is -1.75. The largest absolute Gasteiger partial charge is 0.351 e. The van der Waals surface area contributed by atoms with Gasteiger partial charge >= 0.3 is 0 Å². The molecule has 1 saturated heterocycles. The number of carbonyl (C=O) groups excluding carboxylic acids is 1. The van der Waals surface area contributed by atoms with Crippen molar-refractivity contribution < 1.29 is 9.32 Å². The number of nitrogens with zero attached hydrogens (tertiary/aromatic N) is 2. The summed E-state index contributed by atoms with van der Waals surface area (Å²) in [5.74, 6) is 1.21. The Morgan fingerprint density at radius 1 is 1.25 bits per heavy atom. The molecular formula is C15H16N2O2S. The summed E-state index contributed by atoms with van der Waals surface area (Å²) in [5.41, 5.74) is 1.34. The summed E-state index contributed by atoms with van der Waals surface area (Å²) in [6.07, 6.45) is 2.47. The van der Waals surface area contributed by atoms with E-state index < -0.39 is 0 Å². The van der Waals surface area contributed by atoms with Crippen LogP contribution in [-0.2, 0) is 0 Å². The van der Waals surface area contributed by atoms with Gasteiger partial charge in [0.15, 0.2) is 0 Å². The molecule has 0 radical (unpaired) electrons. The molecular weight excluding hydrogens is 272 g/mol. The summed E-state index contributed by atoms with van der Waals surface area (Å²) >= 11 is 1.92. The summed E-state index contributed by atoms with van der Waals surface area (Å²) in [6.45, 7) is 1.51. The van der Waals surface area contributed by atoms with Gasteiger partial charge in [-0.1, -0.05) is 35.5 Å². The predicted molar refractivity (Wildman–Crippen MR) is 78.7 cm³/mol. The molecule has 2 heterocycles. The quantitative estimate of drug-likeness (QED) is 0.852. The van der Waals surface area contributed by atoms with Crippen LogP contribution in [0.25, 0.3) is 0 Å². The number of carbonyl (C=O) groups is 1. The van der Waals surface area contributed by atoms with Crippen LogP contribution in [0.4, 0.5) is 0 Å². The van der Waals surface area contributed by atoms with Gasteiger partial charge in [-0.05, 0) is 12.0 Å². The fourth-order valence-corrected chi connectivity index (χ4v) is 3.62. The van der Waals surface area contributed by atoms with Crippen LogP contribution < -0.4 is 0 Å². The van der Waals surface area contributed by atoms with Gasteiger partial charge < -0.3 is 9.42 Å². The van der Waals surface area contributed by atoms with E-state index in [2.05, 4.69) is 29.4 Å². The molecule has 5 heteroatoms. The Bertz CT molecular complexity index is 557. The van der Waals surface area contributed by atoms with Crippen molar-refractivity contribution in [3.05, 3.63) is 53.9 Å². The van der Waals surface area contributed by atoms with Crippen LogP contribution in [0, 0.1) is 0 Å². The lowest BCUT2D eigenvalue weighted by Crippen LogP contribution is -2.32. The van der Waals surface area contributed by atoms with E-state index in [-0.39, 0.29) is 5.91 Å². The Balaban J connectivity index is 1.67. The van der Waals surface area contributed by atoms with E-state index in [1.165, 1.54) is 11.8 Å². The average Bonchev–Trinajstić information content (AvgIpc) is 2.92. The zero-order valence-corrected chi connectivity index (χ0v) is 11.9. The van der Waals surface area contributed by atoms with E-state index in [1.807, 2.05) is 22.7 Å². The molecule has 0 aliphatic carbocycles. The van der Waals surface area contributed by atoms with Gasteiger partial charge in [-0.15, -0.1) is 0 Å². The Kier molecular flexibility index (Phi) is 4.06. The topological polar surface area (TPSA) is 46.3 Å². The lowest BCUT2D eigenvalue weighted by atomic mass is 10.1. The van der Waals surface area contributed by atoms with Crippen LogP contribution in [0.1, 0.15) is 27.8 Å². The van der Waals surface area contributed by atoms with Gasteiger partial charge in [0.05, 0.1) is 6.20 Å². The molecule has 2 aromatic rings. The number of aromatic nitrogens is 1. The van der Waals surface area contributed by atoms with Crippen molar-refractivity contribution in [2.45, 2.75) is 11.7 Å². The molecule has 0 unspecified atom stereocenters. The number of rotatable bonds is 2. The van der Waals surface area contributed by atoms with E-state index >= 15 is 0 Å². The molecule has 0 saturated carbocycles. The van der Waals surface area contributed by atoms with Gasteiger partial charge in [-0.25, -0.2) is 0 Å². The molecule has 4 nitrogen and oxygen atoms in total. The average molecular weight is 288 g/mol. The second-order valence-corrected chi connectivity index (χ2v) is 6.04. The first-order chi connectivity index (χ1) is 9.84. The molecule has 0 spiro atoms. The molecule has 1 aromatic carbocycles. The Labute approximate surface area is 122 Å². The van der Waals surface area contributed by atoms with E-state index in [9.17, 15) is 4.79 Å². The minimum atomic E-state index is -0.0585. The van der Waals surface area contributed by atoms with Crippen LogP contribution >= 0.6 is 11.8 Å². The second-order valence-electron chi connectivity index (χ2n) is 4.73. The van der Waals surface area contributed by atoms with Crippen molar-refractivity contribution >= 4 is 17.7 Å². The van der Waals surface area contributed by atoms with Gasteiger partial charge in [0, 0.05) is 30.2 Å². The maximum absolute atomic E-state index is 12.2. The van der Waals surface area contributed by atoms with Crippen LogP contribution in [-0.4, -0.2) is 34.8 Å². The van der Waals surface area contributed by atoms with E-state index in [0.29, 0.717) is 11.0 Å². The highest BCUT2D eigenvalue weighted by molar-refractivity contribution is 7.99. The molecule has 1 amide bonds. The number of benzene rings is 1. The van der Waals surface area contributed by atoms with Crippen molar-refractivity contribution in [2.24, 2.45) is 0 Å². The lowest BCUT2D eigenvalue weighted by Gasteiger charge is -2.18. The number of amides is 1. The Morgan fingerprint density at radius 3 is 2.85 bits per heavy atom. The van der Waals surface area contributed by atoms with Crippen molar-refractivity contribution in [1.29, 1.82) is 0 Å². The second kappa shape index (κ2) is 6.13. The summed E-state index contributed by atoms with van der Waals surface area (Å²) in [4.78, 5) is 14.1. The molecule has 1 aromatic heterocycles. The maximum atomic E-state index is 12.2. The van der Waals surface area contributed by atoms with Crippen molar-refractivity contribution in [1.82, 2.24) is 10.1 Å². The molecule has 20 heavy (non-hydrogen) atoms. The van der Waals surface area contributed by atoms with E-state index in [1.54, 1.807) is 6.07 Å². The highest BCUT2D eigenvalue weighted by Gasteiger charge is 2.24. The van der Waals surface area contributed by atoms with Crippen LogP contribution in [0.2, 0.25) is 0 Å². The van der Waals surface area contributed by atoms with Crippen molar-refractivity contribution in [2.75, 3.05) is 18.8 Å². The standard InChI is InChI=1S/C15H16N2O2S/c18-15(13-6-8-16-19-13)17-9-7-14(20-11-10-17)12-4-2-1-3-5-12/h1-6,8,14H,7,9-11H2/t14-/m0/s1. The van der Waals surface area contributed by atoms with Gasteiger partial charge in [0.25, 0.3) is 5.91 Å². The first kappa shape index (κ1) is 13.2. The summed E-state index contributed by atoms with van der Waals surface area (Å²) in [7, 11) is 0. The van der Waals surface area contributed by atoms with Gasteiger partial charge in [-0.2, -0.15) is 11.8 Å². The SMILES string of the molecule is O=C(c1ccno1)N1CCS[C@H](c2ccccc2)CC1. The van der Waals surface area contributed by atoms with Crippen LogP contribution in [0.3, 0.4) is 0 Å². The van der Waals surface area contributed by atoms with Crippen LogP contribution in [0.5, 0.6) is 0 Å². The summed E-state index contributed by atoms with van der Waals surface area (Å²) in [5, 5.41) is 4.06. The zero-order chi connectivity index (χ0) is 13.8. The van der Waals surface area contributed by atoms with Crippen molar-refractivity contribution in [3.8, 4) is 0 Å². The minimum Gasteiger partial charge on any atom is -0.351 e. The molecule has 0 bridgehead atoms. The zero-order valence-electron chi connectivity index (χ0n) is 11.1. The first-order valence-electron chi connectivity index (χ1n) is 6.71. The fraction of sp³-hybridized carbons (Fsp3) is 0.333. The third-order valence-electron chi connectivity index (χ3n) is 3.45. The summed E-state index contributed by atoms with van der Waals surface area (Å²) < 4.78 is 4.95. The monoisotopic (exact) mass is 288 g/mol. The number of hydrogen-bond acceptors (Lipinski definition) is 4. The molecule has 1 atom stereocenters. The highest BCUT2D eigenvalue weighted by Crippen LogP contribution is 2.34. The molecule has 3 rings (SSSR count). The molecule has 1 aliphatic rings. The lowest BCUT2D eigenvalue weighted by molar-refractivity contribution is 0.0724. The minimum absolute atomic E-state index is 0.0585. The molecule has 1 fully saturated rings.